The zero-order chi connectivity index (χ0) is 39.2. The van der Waals surface area contributed by atoms with Crippen molar-refractivity contribution in [2.75, 3.05) is 4.90 Å². The minimum absolute atomic E-state index is 0.252. The predicted molar refractivity (Wildman–Crippen MR) is 248 cm³/mol. The fourth-order valence-corrected chi connectivity index (χ4v) is 10.6. The minimum Gasteiger partial charge on any atom is -0.310 e. The van der Waals surface area contributed by atoms with Crippen LogP contribution in [0.4, 0.5) is 17.1 Å². The molecule has 0 N–H and O–H groups in total. The summed E-state index contributed by atoms with van der Waals surface area (Å²) in [5, 5.41) is 6.58. The number of rotatable bonds is 6. The molecular formula is C54H48N2Si. The summed E-state index contributed by atoms with van der Waals surface area (Å²) in [6, 6.07) is 61.7. The molecule has 1 aliphatic carbocycles. The van der Waals surface area contributed by atoms with Crippen LogP contribution in [-0.4, -0.2) is 12.6 Å². The van der Waals surface area contributed by atoms with E-state index in [0.29, 0.717) is 0 Å². The van der Waals surface area contributed by atoms with Gasteiger partial charge in [-0.2, -0.15) is 0 Å². The van der Waals surface area contributed by atoms with E-state index in [2.05, 4.69) is 221 Å². The number of fused-ring (bicyclic) bond motifs is 8. The number of aromatic nitrogens is 1. The summed E-state index contributed by atoms with van der Waals surface area (Å²) in [6.07, 6.45) is 0. The zero-order valence-corrected chi connectivity index (χ0v) is 35.0. The smallest absolute Gasteiger partial charge is 0.0775 e. The molecule has 1 heterocycles. The highest BCUT2D eigenvalue weighted by atomic mass is 28.3. The minimum atomic E-state index is -1.47. The van der Waals surface area contributed by atoms with E-state index in [1.807, 2.05) is 0 Å². The van der Waals surface area contributed by atoms with E-state index < -0.39 is 8.07 Å². The first-order valence-electron chi connectivity index (χ1n) is 20.3. The largest absolute Gasteiger partial charge is 0.310 e. The lowest BCUT2D eigenvalue weighted by Crippen LogP contribution is -2.37. The lowest BCUT2D eigenvalue weighted by Gasteiger charge is -2.30. The van der Waals surface area contributed by atoms with Crippen LogP contribution in [0.15, 0.2) is 164 Å². The number of aryl methyl sites for hydroxylation is 2. The van der Waals surface area contributed by atoms with Crippen LogP contribution in [0.5, 0.6) is 0 Å². The Hall–Kier alpha value is -6.16. The molecule has 278 valence electrons. The van der Waals surface area contributed by atoms with Crippen molar-refractivity contribution in [1.29, 1.82) is 0 Å². The SMILES string of the molecule is Cc1ccc(N(c2ccc([Si](C)(C)C)cc2)c2cc3c(c4ccccc24)-c2ccc(-n4c5ccc(C)cc5c5cccc(-c6ccccc6)c54)cc2C3(C)C)cc1. The summed E-state index contributed by atoms with van der Waals surface area (Å²) < 4.78 is 2.51. The first kappa shape index (κ1) is 35.3. The molecule has 2 nitrogen and oxygen atoms in total. The van der Waals surface area contributed by atoms with Gasteiger partial charge in [-0.3, -0.25) is 0 Å². The van der Waals surface area contributed by atoms with Crippen molar-refractivity contribution in [3.63, 3.8) is 0 Å². The van der Waals surface area contributed by atoms with Gasteiger partial charge in [0.2, 0.25) is 0 Å². The van der Waals surface area contributed by atoms with Gasteiger partial charge in [-0.05, 0) is 102 Å². The molecule has 0 bridgehead atoms. The highest BCUT2D eigenvalue weighted by Crippen LogP contribution is 2.55. The lowest BCUT2D eigenvalue weighted by molar-refractivity contribution is 0.660. The molecule has 57 heavy (non-hydrogen) atoms. The predicted octanol–water partition coefficient (Wildman–Crippen LogP) is 14.5. The van der Waals surface area contributed by atoms with E-state index in [1.165, 1.54) is 99.3 Å². The highest BCUT2D eigenvalue weighted by molar-refractivity contribution is 6.88. The second-order valence-corrected chi connectivity index (χ2v) is 22.7. The summed E-state index contributed by atoms with van der Waals surface area (Å²) >= 11 is 0. The number of hydrogen-bond donors (Lipinski definition) is 0. The highest BCUT2D eigenvalue weighted by Gasteiger charge is 2.38. The molecule has 8 aromatic carbocycles. The van der Waals surface area contributed by atoms with Crippen LogP contribution >= 0.6 is 0 Å². The summed E-state index contributed by atoms with van der Waals surface area (Å²) in [5.74, 6) is 0. The first-order valence-corrected chi connectivity index (χ1v) is 23.8. The summed E-state index contributed by atoms with van der Waals surface area (Å²) in [7, 11) is -1.47. The Morgan fingerprint density at radius 1 is 0.509 bits per heavy atom. The van der Waals surface area contributed by atoms with Crippen molar-refractivity contribution in [1.82, 2.24) is 4.57 Å². The van der Waals surface area contributed by atoms with Gasteiger partial charge >= 0.3 is 0 Å². The zero-order valence-electron chi connectivity index (χ0n) is 34.0. The second-order valence-electron chi connectivity index (χ2n) is 17.6. The molecule has 0 fully saturated rings. The second kappa shape index (κ2) is 12.9. The van der Waals surface area contributed by atoms with Crippen LogP contribution in [0.2, 0.25) is 19.6 Å². The van der Waals surface area contributed by atoms with Crippen LogP contribution in [0.3, 0.4) is 0 Å². The Morgan fingerprint density at radius 2 is 1.16 bits per heavy atom. The van der Waals surface area contributed by atoms with E-state index in [4.69, 9.17) is 0 Å². The molecule has 9 aromatic rings. The lowest BCUT2D eigenvalue weighted by atomic mass is 9.81. The fourth-order valence-electron chi connectivity index (χ4n) is 9.41. The third kappa shape index (κ3) is 5.59. The topological polar surface area (TPSA) is 8.17 Å². The third-order valence-electron chi connectivity index (χ3n) is 12.5. The van der Waals surface area contributed by atoms with Crippen LogP contribution in [0.25, 0.3) is 60.5 Å². The van der Waals surface area contributed by atoms with E-state index in [1.54, 1.807) is 0 Å². The van der Waals surface area contributed by atoms with Gasteiger partial charge in [0.1, 0.15) is 0 Å². The normalized spacial score (nSPS) is 13.3. The van der Waals surface area contributed by atoms with Crippen LogP contribution in [0.1, 0.15) is 36.1 Å². The molecule has 0 radical (unpaired) electrons. The number of nitrogens with zero attached hydrogens (tertiary/aromatic N) is 2. The van der Waals surface area contributed by atoms with Gasteiger partial charge in [0, 0.05) is 44.2 Å². The molecule has 0 atom stereocenters. The Bertz CT molecular complexity index is 3020. The quantitative estimate of drug-likeness (QED) is 0.154. The van der Waals surface area contributed by atoms with Crippen LogP contribution in [-0.2, 0) is 5.41 Å². The van der Waals surface area contributed by atoms with E-state index in [9.17, 15) is 0 Å². The molecule has 0 spiro atoms. The maximum Gasteiger partial charge on any atom is 0.0775 e. The van der Waals surface area contributed by atoms with Crippen molar-refractivity contribution < 1.29 is 0 Å². The average Bonchev–Trinajstić information content (AvgIpc) is 3.66. The maximum absolute atomic E-state index is 2.51. The van der Waals surface area contributed by atoms with Gasteiger partial charge < -0.3 is 9.47 Å². The van der Waals surface area contributed by atoms with E-state index in [-0.39, 0.29) is 5.41 Å². The van der Waals surface area contributed by atoms with E-state index >= 15 is 0 Å². The molecule has 0 aliphatic heterocycles. The average molecular weight is 753 g/mol. The molecule has 0 unspecified atom stereocenters. The van der Waals surface area contributed by atoms with Gasteiger partial charge in [0.15, 0.2) is 0 Å². The van der Waals surface area contributed by atoms with Crippen molar-refractivity contribution in [2.24, 2.45) is 0 Å². The van der Waals surface area contributed by atoms with Gasteiger partial charge in [-0.25, -0.2) is 0 Å². The molecule has 0 saturated heterocycles. The van der Waals surface area contributed by atoms with Crippen molar-refractivity contribution in [3.05, 3.63) is 186 Å². The van der Waals surface area contributed by atoms with Gasteiger partial charge in [-0.15, -0.1) is 0 Å². The van der Waals surface area contributed by atoms with Gasteiger partial charge in [-0.1, -0.05) is 159 Å². The number of anilines is 3. The molecule has 0 saturated carbocycles. The van der Waals surface area contributed by atoms with Gasteiger partial charge in [0.25, 0.3) is 0 Å². The third-order valence-corrected chi connectivity index (χ3v) is 14.5. The monoisotopic (exact) mass is 752 g/mol. The maximum atomic E-state index is 2.51. The molecule has 3 heteroatoms. The van der Waals surface area contributed by atoms with Crippen LogP contribution in [0, 0.1) is 13.8 Å². The summed E-state index contributed by atoms with van der Waals surface area (Å²) in [5.41, 5.74) is 17.4. The summed E-state index contributed by atoms with van der Waals surface area (Å²) in [6.45, 7) is 16.5. The van der Waals surface area contributed by atoms with Crippen LogP contribution < -0.4 is 10.1 Å². The fraction of sp³-hybridized carbons (Fsp3) is 0.148. The number of para-hydroxylation sites is 1. The standard InChI is InChI=1S/C54H48N2Si/c1-35-20-23-38(24-21-35)55(39-25-28-41(29-26-39)57(5,6)7)51-34-49-52(44-17-12-11-16-43(44)51)46-30-27-40(33-48(46)54(49,3)4)56-50-31-22-36(2)32-47(50)45-19-13-18-42(53(45)56)37-14-9-8-10-15-37/h8-34H,1-7H3. The molecule has 0 amide bonds. The Kier molecular flexibility index (Phi) is 8.01. The Morgan fingerprint density at radius 3 is 1.88 bits per heavy atom. The molecule has 10 rings (SSSR count). The van der Waals surface area contributed by atoms with Crippen molar-refractivity contribution in [2.45, 2.75) is 52.8 Å². The number of benzene rings is 8. The Labute approximate surface area is 337 Å². The van der Waals surface area contributed by atoms with Gasteiger partial charge in [0.05, 0.1) is 24.8 Å². The molecule has 1 aromatic heterocycles. The Balaban J connectivity index is 1.20. The molecular weight excluding hydrogens is 705 g/mol. The summed E-state index contributed by atoms with van der Waals surface area (Å²) in [4.78, 5) is 2.48. The van der Waals surface area contributed by atoms with E-state index in [0.717, 1.165) is 5.69 Å². The molecule has 1 aliphatic rings. The van der Waals surface area contributed by atoms with Crippen molar-refractivity contribution >= 4 is 62.9 Å². The van der Waals surface area contributed by atoms with Crippen molar-refractivity contribution in [3.8, 4) is 27.9 Å². The first-order chi connectivity index (χ1) is 27.5. The number of hydrogen-bond acceptors (Lipinski definition) is 1.